The number of nitrogens with one attached hydrogen (secondary N) is 1. The van der Waals surface area contributed by atoms with Gasteiger partial charge in [-0.1, -0.05) is 67.6 Å². The van der Waals surface area contributed by atoms with Crippen LogP contribution < -0.4 is 5.32 Å². The first-order chi connectivity index (χ1) is 18.3. The summed E-state index contributed by atoms with van der Waals surface area (Å²) >= 11 is 1.34. The lowest BCUT2D eigenvalue weighted by atomic mass is 10.0. The molecule has 0 bridgehead atoms. The standard InChI is InChI=1S/C29H32FN3O4S/c1-3-21(2)31-29(35)27(17-22-9-5-4-6-10-22)32(18-24-11-7-8-12-26(24)30)28(34)20-38-19-23-13-15-25(16-14-23)33(36)37/h4-16,21,27H,3,17-20H2,1-2H3,(H,31,35)/t21-,27+/m0/s1. The molecule has 0 heterocycles. The predicted molar refractivity (Wildman–Crippen MR) is 148 cm³/mol. The molecule has 0 aromatic heterocycles. The summed E-state index contributed by atoms with van der Waals surface area (Å²) in [6.07, 6.45) is 1.02. The maximum absolute atomic E-state index is 14.6. The molecule has 0 unspecified atom stereocenters. The molecule has 0 aliphatic heterocycles. The van der Waals surface area contributed by atoms with Gasteiger partial charge in [0.2, 0.25) is 11.8 Å². The number of hydrogen-bond acceptors (Lipinski definition) is 5. The van der Waals surface area contributed by atoms with Crippen LogP contribution in [0.2, 0.25) is 0 Å². The molecule has 0 saturated heterocycles. The number of non-ortho nitro benzene ring substituents is 1. The van der Waals surface area contributed by atoms with Gasteiger partial charge in [0.25, 0.3) is 5.69 Å². The van der Waals surface area contributed by atoms with Crippen molar-refractivity contribution >= 4 is 29.3 Å². The smallest absolute Gasteiger partial charge is 0.269 e. The van der Waals surface area contributed by atoms with Crippen LogP contribution in [-0.2, 0) is 28.3 Å². The second-order valence-electron chi connectivity index (χ2n) is 9.05. The molecule has 0 aliphatic rings. The van der Waals surface area contributed by atoms with Crippen molar-refractivity contribution in [1.82, 2.24) is 10.2 Å². The minimum atomic E-state index is -0.835. The first-order valence-electron chi connectivity index (χ1n) is 12.5. The summed E-state index contributed by atoms with van der Waals surface area (Å²) < 4.78 is 14.6. The lowest BCUT2D eigenvalue weighted by molar-refractivity contribution is -0.384. The Bertz CT molecular complexity index is 1220. The van der Waals surface area contributed by atoms with E-state index in [1.807, 2.05) is 44.2 Å². The molecule has 3 aromatic rings. The van der Waals surface area contributed by atoms with Gasteiger partial charge in [-0.25, -0.2) is 4.39 Å². The normalized spacial score (nSPS) is 12.4. The zero-order valence-electron chi connectivity index (χ0n) is 21.5. The molecule has 0 radical (unpaired) electrons. The molecule has 9 heteroatoms. The number of hydrogen-bond donors (Lipinski definition) is 1. The molecule has 0 spiro atoms. The number of halogens is 1. The van der Waals surface area contributed by atoms with Crippen LogP contribution in [0.15, 0.2) is 78.9 Å². The minimum absolute atomic E-state index is 0.00182. The van der Waals surface area contributed by atoms with E-state index in [1.165, 1.54) is 34.9 Å². The van der Waals surface area contributed by atoms with Crippen LogP contribution in [-0.4, -0.2) is 39.5 Å². The summed E-state index contributed by atoms with van der Waals surface area (Å²) in [5.41, 5.74) is 2.06. The topological polar surface area (TPSA) is 92.6 Å². The molecule has 3 rings (SSSR count). The molecule has 2 amide bonds. The average molecular weight is 538 g/mol. The van der Waals surface area contributed by atoms with Crippen LogP contribution >= 0.6 is 11.8 Å². The van der Waals surface area contributed by atoms with Gasteiger partial charge < -0.3 is 10.2 Å². The monoisotopic (exact) mass is 537 g/mol. The number of carbonyl (C=O) groups excluding carboxylic acids is 2. The number of nitro benzene ring substituents is 1. The van der Waals surface area contributed by atoms with E-state index in [1.54, 1.807) is 30.3 Å². The van der Waals surface area contributed by atoms with Gasteiger partial charge in [0.15, 0.2) is 0 Å². The van der Waals surface area contributed by atoms with E-state index in [2.05, 4.69) is 5.32 Å². The van der Waals surface area contributed by atoms with Gasteiger partial charge in [0.1, 0.15) is 11.9 Å². The van der Waals surface area contributed by atoms with Crippen molar-refractivity contribution in [3.05, 3.63) is 111 Å². The predicted octanol–water partition coefficient (Wildman–Crippen LogP) is 5.52. The number of benzene rings is 3. The molecule has 7 nitrogen and oxygen atoms in total. The van der Waals surface area contributed by atoms with Crippen LogP contribution in [0.3, 0.4) is 0 Å². The molecule has 3 aromatic carbocycles. The van der Waals surface area contributed by atoms with E-state index in [0.29, 0.717) is 11.3 Å². The van der Waals surface area contributed by atoms with E-state index in [4.69, 9.17) is 0 Å². The summed E-state index contributed by atoms with van der Waals surface area (Å²) in [5.74, 6) is -0.495. The Labute approximate surface area is 226 Å². The second kappa shape index (κ2) is 14.3. The van der Waals surface area contributed by atoms with Crippen LogP contribution in [0.4, 0.5) is 10.1 Å². The van der Waals surface area contributed by atoms with Crippen molar-refractivity contribution < 1.29 is 18.9 Å². The van der Waals surface area contributed by atoms with Crippen molar-refractivity contribution in [2.24, 2.45) is 0 Å². The SMILES string of the molecule is CC[C@H](C)NC(=O)[C@@H](Cc1ccccc1)N(Cc1ccccc1F)C(=O)CSCc1ccc([N+](=O)[O-])cc1. The lowest BCUT2D eigenvalue weighted by Crippen LogP contribution is -2.52. The number of amides is 2. The Balaban J connectivity index is 1.84. The maximum atomic E-state index is 14.6. The quantitative estimate of drug-likeness (QED) is 0.229. The van der Waals surface area contributed by atoms with Crippen LogP contribution in [0.5, 0.6) is 0 Å². The summed E-state index contributed by atoms with van der Waals surface area (Å²) in [6.45, 7) is 3.82. The Morgan fingerprint density at radius 3 is 2.29 bits per heavy atom. The lowest BCUT2D eigenvalue weighted by Gasteiger charge is -2.32. The molecule has 2 atom stereocenters. The highest BCUT2D eigenvalue weighted by Crippen LogP contribution is 2.21. The van der Waals surface area contributed by atoms with Crippen molar-refractivity contribution in [2.45, 2.75) is 51.1 Å². The largest absolute Gasteiger partial charge is 0.352 e. The summed E-state index contributed by atoms with van der Waals surface area (Å²) in [5, 5.41) is 13.9. The van der Waals surface area contributed by atoms with Crippen LogP contribution in [0.25, 0.3) is 0 Å². The molecular formula is C29H32FN3O4S. The Morgan fingerprint density at radius 1 is 1.00 bits per heavy atom. The highest BCUT2D eigenvalue weighted by atomic mass is 32.2. The fourth-order valence-electron chi connectivity index (χ4n) is 3.86. The summed E-state index contributed by atoms with van der Waals surface area (Å²) in [7, 11) is 0. The second-order valence-corrected chi connectivity index (χ2v) is 10.0. The van der Waals surface area contributed by atoms with Gasteiger partial charge in [-0.3, -0.25) is 19.7 Å². The number of thioether (sulfide) groups is 1. The summed E-state index contributed by atoms with van der Waals surface area (Å²) in [6, 6.07) is 20.9. The third-order valence-electron chi connectivity index (χ3n) is 6.21. The molecular weight excluding hydrogens is 505 g/mol. The first-order valence-corrected chi connectivity index (χ1v) is 13.6. The zero-order valence-corrected chi connectivity index (χ0v) is 22.3. The fraction of sp³-hybridized carbons (Fsp3) is 0.310. The van der Waals surface area contributed by atoms with Crippen LogP contribution in [0, 0.1) is 15.9 Å². The number of nitro groups is 1. The molecule has 0 fully saturated rings. The third kappa shape index (κ3) is 8.41. The minimum Gasteiger partial charge on any atom is -0.352 e. The van der Waals surface area contributed by atoms with E-state index < -0.39 is 16.8 Å². The highest BCUT2D eigenvalue weighted by molar-refractivity contribution is 7.99. The molecule has 200 valence electrons. The fourth-order valence-corrected chi connectivity index (χ4v) is 4.73. The Morgan fingerprint density at radius 2 is 1.66 bits per heavy atom. The van der Waals surface area contributed by atoms with Crippen molar-refractivity contribution in [1.29, 1.82) is 0 Å². The van der Waals surface area contributed by atoms with E-state index in [9.17, 15) is 24.1 Å². The van der Waals surface area contributed by atoms with Crippen molar-refractivity contribution in [3.63, 3.8) is 0 Å². The van der Waals surface area contributed by atoms with E-state index in [-0.39, 0.29) is 42.3 Å². The molecule has 0 aliphatic carbocycles. The number of carbonyl (C=O) groups is 2. The van der Waals surface area contributed by atoms with E-state index in [0.717, 1.165) is 17.5 Å². The van der Waals surface area contributed by atoms with Gasteiger partial charge in [-0.2, -0.15) is 0 Å². The number of nitrogens with zero attached hydrogens (tertiary/aromatic N) is 2. The van der Waals surface area contributed by atoms with Crippen molar-refractivity contribution in [3.8, 4) is 0 Å². The summed E-state index contributed by atoms with van der Waals surface area (Å²) in [4.78, 5) is 39.0. The molecule has 38 heavy (non-hydrogen) atoms. The number of rotatable bonds is 13. The Hall–Kier alpha value is -3.72. The average Bonchev–Trinajstić information content (AvgIpc) is 2.92. The van der Waals surface area contributed by atoms with Gasteiger partial charge in [-0.05, 0) is 30.5 Å². The van der Waals surface area contributed by atoms with Crippen LogP contribution in [0.1, 0.15) is 37.0 Å². The first kappa shape index (κ1) is 28.8. The van der Waals surface area contributed by atoms with E-state index >= 15 is 0 Å². The zero-order chi connectivity index (χ0) is 27.5. The van der Waals surface area contributed by atoms with Gasteiger partial charge in [0.05, 0.1) is 10.7 Å². The third-order valence-corrected chi connectivity index (χ3v) is 7.20. The van der Waals surface area contributed by atoms with Gasteiger partial charge in [-0.15, -0.1) is 11.8 Å². The molecule has 1 N–H and O–H groups in total. The van der Waals surface area contributed by atoms with Gasteiger partial charge >= 0.3 is 0 Å². The Kier molecular flexibility index (Phi) is 10.8. The maximum Gasteiger partial charge on any atom is 0.269 e. The highest BCUT2D eigenvalue weighted by Gasteiger charge is 2.31. The van der Waals surface area contributed by atoms with Crippen molar-refractivity contribution in [2.75, 3.05) is 5.75 Å². The van der Waals surface area contributed by atoms with Gasteiger partial charge in [0, 0.05) is 42.5 Å². The molecule has 0 saturated carbocycles.